The molecule has 0 aromatic heterocycles. The zero-order valence-corrected chi connectivity index (χ0v) is 17.9. The van der Waals surface area contributed by atoms with Crippen LogP contribution in [0.15, 0.2) is 30.1 Å². The topological polar surface area (TPSA) is 76.8 Å². The van der Waals surface area contributed by atoms with E-state index in [-0.39, 0.29) is 12.6 Å². The largest absolute Gasteiger partial charge is 0.469 e. The molecule has 0 heterocycles. The Morgan fingerprint density at radius 3 is 2.63 bits per heavy atom. The average Bonchev–Trinajstić information content (AvgIpc) is 2.64. The van der Waals surface area contributed by atoms with Crippen LogP contribution in [0.4, 0.5) is 0 Å². The van der Waals surface area contributed by atoms with Crippen molar-refractivity contribution in [1.29, 1.82) is 0 Å². The number of hydrogen-bond donors (Lipinski definition) is 2. The molecule has 6 nitrogen and oxygen atoms in total. The number of hydrogen-bond acceptors (Lipinski definition) is 6. The van der Waals surface area contributed by atoms with Crippen LogP contribution in [-0.2, 0) is 20.1 Å². The molecule has 0 fully saturated rings. The van der Waals surface area contributed by atoms with Gasteiger partial charge in [0.05, 0.1) is 30.9 Å². The molecule has 0 aliphatic carbocycles. The maximum Gasteiger partial charge on any atom is 0.314 e. The summed E-state index contributed by atoms with van der Waals surface area (Å²) >= 11 is 6.07. The van der Waals surface area contributed by atoms with E-state index in [2.05, 4.69) is 5.32 Å². The number of carbonyl (C=O) groups is 1. The van der Waals surface area contributed by atoms with E-state index in [1.54, 1.807) is 7.05 Å². The van der Waals surface area contributed by atoms with Crippen molar-refractivity contribution in [3.63, 3.8) is 0 Å². The van der Waals surface area contributed by atoms with Crippen LogP contribution in [0.2, 0.25) is 0 Å². The monoisotopic (exact) mass is 397 g/mol. The minimum absolute atomic E-state index is 0.231. The number of benzene rings is 1. The van der Waals surface area contributed by atoms with E-state index in [1.165, 1.54) is 12.1 Å². The van der Waals surface area contributed by atoms with Crippen molar-refractivity contribution in [2.75, 3.05) is 27.3 Å². The van der Waals surface area contributed by atoms with Gasteiger partial charge in [-0.15, -0.1) is 11.6 Å². The highest BCUT2D eigenvalue weighted by atomic mass is 35.5. The zero-order valence-electron chi connectivity index (χ0n) is 17.1. The molecule has 27 heavy (non-hydrogen) atoms. The maximum absolute atomic E-state index is 12.4. The molecule has 0 aliphatic heterocycles. The third kappa shape index (κ3) is 6.13. The number of alkyl halides is 1. The van der Waals surface area contributed by atoms with Crippen molar-refractivity contribution in [3.05, 3.63) is 46.8 Å². The first kappa shape index (κ1) is 23.3. The van der Waals surface area contributed by atoms with Gasteiger partial charge in [-0.25, -0.2) is 5.84 Å². The highest BCUT2D eigenvalue weighted by Crippen LogP contribution is 2.38. The van der Waals surface area contributed by atoms with Gasteiger partial charge >= 0.3 is 5.97 Å². The molecule has 1 atom stereocenters. The summed E-state index contributed by atoms with van der Waals surface area (Å²) in [6, 6.07) is 5.93. The lowest BCUT2D eigenvalue weighted by molar-refractivity contribution is -0.160. The molecule has 0 saturated carbocycles. The number of carbonyl (C=O) groups excluding carboxylic acids is 1. The van der Waals surface area contributed by atoms with Crippen LogP contribution < -0.4 is 11.2 Å². The lowest BCUT2D eigenvalue weighted by Crippen LogP contribution is -2.36. The first-order valence-corrected chi connectivity index (χ1v) is 9.48. The van der Waals surface area contributed by atoms with E-state index >= 15 is 0 Å². The van der Waals surface area contributed by atoms with E-state index in [4.69, 9.17) is 26.9 Å². The molecule has 3 N–H and O–H groups in total. The molecule has 0 radical (unpaired) electrons. The van der Waals surface area contributed by atoms with E-state index in [9.17, 15) is 4.79 Å². The molecule has 1 aromatic carbocycles. The Bertz CT molecular complexity index is 660. The Labute approximate surface area is 167 Å². The maximum atomic E-state index is 12.4. The standard InChI is InChI=1S/C20H32ClN3O3/c1-7-23-12-17(24(5)22)13-27-18(20(3,4)19(25)26-6)15-9-8-14(2)16(10-15)11-21/h8-10,12,18,23H,7,11,13,22H2,1-6H3/b17-12-. The number of rotatable bonds is 10. The van der Waals surface area contributed by atoms with Crippen molar-refractivity contribution in [3.8, 4) is 0 Å². The van der Waals surface area contributed by atoms with Crippen molar-refractivity contribution in [2.24, 2.45) is 11.3 Å². The highest BCUT2D eigenvalue weighted by Gasteiger charge is 2.40. The SMILES string of the molecule is CCN/C=C(/COC(c1ccc(C)c(CCl)c1)C(C)(C)C(=O)OC)N(C)N. The van der Waals surface area contributed by atoms with Crippen LogP contribution in [0.1, 0.15) is 43.6 Å². The van der Waals surface area contributed by atoms with Crippen LogP contribution in [0.3, 0.4) is 0 Å². The number of likely N-dealkylation sites (N-methyl/N-ethyl adjacent to an activating group) is 1. The summed E-state index contributed by atoms with van der Waals surface area (Å²) in [6.07, 6.45) is 1.28. The summed E-state index contributed by atoms with van der Waals surface area (Å²) in [5, 5.41) is 4.61. The number of hydrazine groups is 1. The van der Waals surface area contributed by atoms with Crippen LogP contribution >= 0.6 is 11.6 Å². The van der Waals surface area contributed by atoms with E-state index in [0.717, 1.165) is 28.9 Å². The van der Waals surface area contributed by atoms with Gasteiger partial charge in [0.1, 0.15) is 0 Å². The molecule has 0 spiro atoms. The van der Waals surface area contributed by atoms with Gasteiger partial charge in [0, 0.05) is 25.7 Å². The van der Waals surface area contributed by atoms with Crippen molar-refractivity contribution >= 4 is 17.6 Å². The van der Waals surface area contributed by atoms with Crippen molar-refractivity contribution < 1.29 is 14.3 Å². The normalized spacial score (nSPS) is 13.3. The van der Waals surface area contributed by atoms with E-state index < -0.39 is 11.5 Å². The minimum atomic E-state index is -0.899. The van der Waals surface area contributed by atoms with E-state index in [0.29, 0.717) is 5.88 Å². The number of methoxy groups -OCH3 is 1. The third-order valence-corrected chi connectivity index (χ3v) is 4.80. The van der Waals surface area contributed by atoms with Crippen LogP contribution in [0.5, 0.6) is 0 Å². The molecule has 7 heteroatoms. The summed E-state index contributed by atoms with van der Waals surface area (Å²) < 4.78 is 11.2. The Balaban J connectivity index is 3.25. The van der Waals surface area contributed by atoms with Gasteiger partial charge < -0.3 is 19.8 Å². The lowest BCUT2D eigenvalue weighted by Gasteiger charge is -2.33. The van der Waals surface area contributed by atoms with Gasteiger partial charge in [0.25, 0.3) is 0 Å². The molecule has 0 saturated heterocycles. The number of aryl methyl sites for hydroxylation is 1. The Hall–Kier alpha value is -1.76. The molecule has 1 rings (SSSR count). The first-order valence-electron chi connectivity index (χ1n) is 8.95. The number of nitrogens with zero attached hydrogens (tertiary/aromatic N) is 1. The number of nitrogens with one attached hydrogen (secondary N) is 1. The Morgan fingerprint density at radius 2 is 2.11 bits per heavy atom. The molecule has 152 valence electrons. The zero-order chi connectivity index (χ0) is 20.6. The van der Waals surface area contributed by atoms with Gasteiger partial charge in [-0.05, 0) is 44.4 Å². The smallest absolute Gasteiger partial charge is 0.314 e. The second kappa shape index (κ2) is 10.5. The fourth-order valence-electron chi connectivity index (χ4n) is 2.72. The quantitative estimate of drug-likeness (QED) is 0.273. The molecule has 1 unspecified atom stereocenters. The number of esters is 1. The van der Waals surface area contributed by atoms with Crippen molar-refractivity contribution in [2.45, 2.75) is 39.7 Å². The van der Waals surface area contributed by atoms with Gasteiger partial charge in [-0.2, -0.15) is 0 Å². The molecule has 0 bridgehead atoms. The predicted octanol–water partition coefficient (Wildman–Crippen LogP) is 3.25. The second-order valence-electron chi connectivity index (χ2n) is 7.03. The molecular formula is C20H32ClN3O3. The molecule has 1 aromatic rings. The number of halogens is 1. The van der Waals surface area contributed by atoms with Crippen molar-refractivity contribution in [1.82, 2.24) is 10.3 Å². The molecule has 0 amide bonds. The summed E-state index contributed by atoms with van der Waals surface area (Å²) in [6.45, 7) is 8.62. The predicted molar refractivity (Wildman–Crippen MR) is 109 cm³/mol. The Kier molecular flexibility index (Phi) is 9.09. The van der Waals surface area contributed by atoms with Crippen LogP contribution in [-0.4, -0.2) is 38.3 Å². The summed E-state index contributed by atoms with van der Waals surface area (Å²) in [5.41, 5.74) is 2.83. The average molecular weight is 398 g/mol. The Morgan fingerprint density at radius 1 is 1.44 bits per heavy atom. The van der Waals surface area contributed by atoms with Gasteiger partial charge in [0.2, 0.25) is 0 Å². The fourth-order valence-corrected chi connectivity index (χ4v) is 3.01. The van der Waals surface area contributed by atoms with Gasteiger partial charge in [-0.3, -0.25) is 4.79 Å². The first-order chi connectivity index (χ1) is 12.7. The van der Waals surface area contributed by atoms with Crippen LogP contribution in [0.25, 0.3) is 0 Å². The van der Waals surface area contributed by atoms with Crippen LogP contribution in [0, 0.1) is 12.3 Å². The molecular weight excluding hydrogens is 366 g/mol. The summed E-state index contributed by atoms with van der Waals surface area (Å²) in [7, 11) is 3.12. The fraction of sp³-hybridized carbons (Fsp3) is 0.550. The minimum Gasteiger partial charge on any atom is -0.469 e. The third-order valence-electron chi connectivity index (χ3n) is 4.51. The van der Waals surface area contributed by atoms with Gasteiger partial charge in [-0.1, -0.05) is 18.2 Å². The highest BCUT2D eigenvalue weighted by molar-refractivity contribution is 6.17. The van der Waals surface area contributed by atoms with Gasteiger partial charge in [0.15, 0.2) is 0 Å². The number of nitrogens with two attached hydrogens (primary N) is 1. The van der Waals surface area contributed by atoms with E-state index in [1.807, 2.05) is 52.1 Å². The second-order valence-corrected chi connectivity index (χ2v) is 7.30. The summed E-state index contributed by atoms with van der Waals surface area (Å²) in [4.78, 5) is 12.4. The summed E-state index contributed by atoms with van der Waals surface area (Å²) in [5.74, 6) is 5.94. The number of ether oxygens (including phenoxy) is 2. The molecule has 0 aliphatic rings. The lowest BCUT2D eigenvalue weighted by atomic mass is 9.81.